The first-order valence-corrected chi connectivity index (χ1v) is 4.74. The Kier molecular flexibility index (Phi) is 2.10. The third-order valence-electron chi connectivity index (χ3n) is 2.89. The molecule has 2 saturated heterocycles. The Bertz CT molecular complexity index is 174. The van der Waals surface area contributed by atoms with Gasteiger partial charge in [-0.25, -0.2) is 0 Å². The van der Waals surface area contributed by atoms with Crippen molar-refractivity contribution in [2.24, 2.45) is 5.73 Å². The standard InChI is InChI=1S/C9H17NO2/c1-7-4-9(6-11-7)3-2-8(5-10)12-9/h7-8H,2-6,10H2,1H3/t7-,8+,9+/m1/s1. The molecule has 0 aromatic carbocycles. The first kappa shape index (κ1) is 8.48. The highest BCUT2D eigenvalue weighted by molar-refractivity contribution is 4.94. The average molecular weight is 171 g/mol. The molecule has 12 heavy (non-hydrogen) atoms. The third kappa shape index (κ3) is 1.37. The van der Waals surface area contributed by atoms with Crippen LogP contribution in [0.2, 0.25) is 0 Å². The molecule has 0 aromatic heterocycles. The summed E-state index contributed by atoms with van der Waals surface area (Å²) < 4.78 is 11.4. The Morgan fingerprint density at radius 3 is 2.92 bits per heavy atom. The van der Waals surface area contributed by atoms with Crippen LogP contribution in [-0.4, -0.2) is 31.0 Å². The molecule has 3 nitrogen and oxygen atoms in total. The lowest BCUT2D eigenvalue weighted by molar-refractivity contribution is -0.0413. The molecule has 0 radical (unpaired) electrons. The Morgan fingerprint density at radius 2 is 2.42 bits per heavy atom. The summed E-state index contributed by atoms with van der Waals surface area (Å²) in [5.41, 5.74) is 5.58. The van der Waals surface area contributed by atoms with Crippen LogP contribution in [0.1, 0.15) is 26.2 Å². The summed E-state index contributed by atoms with van der Waals surface area (Å²) in [7, 11) is 0. The van der Waals surface area contributed by atoms with Crippen LogP contribution < -0.4 is 5.73 Å². The van der Waals surface area contributed by atoms with Gasteiger partial charge in [-0.1, -0.05) is 0 Å². The van der Waals surface area contributed by atoms with Crippen molar-refractivity contribution < 1.29 is 9.47 Å². The largest absolute Gasteiger partial charge is 0.375 e. The van der Waals surface area contributed by atoms with E-state index < -0.39 is 0 Å². The fourth-order valence-corrected chi connectivity index (χ4v) is 2.25. The summed E-state index contributed by atoms with van der Waals surface area (Å²) in [6, 6.07) is 0. The number of hydrogen-bond donors (Lipinski definition) is 1. The van der Waals surface area contributed by atoms with Crippen LogP contribution >= 0.6 is 0 Å². The summed E-state index contributed by atoms with van der Waals surface area (Å²) in [5, 5.41) is 0. The minimum absolute atomic E-state index is 0.0312. The van der Waals surface area contributed by atoms with Crippen molar-refractivity contribution in [2.45, 2.75) is 44.0 Å². The van der Waals surface area contributed by atoms with Crippen LogP contribution in [0.4, 0.5) is 0 Å². The predicted octanol–water partition coefficient (Wildman–Crippen LogP) is 0.672. The van der Waals surface area contributed by atoms with Gasteiger partial charge in [0.2, 0.25) is 0 Å². The molecule has 1 spiro atoms. The van der Waals surface area contributed by atoms with E-state index in [2.05, 4.69) is 6.92 Å². The smallest absolute Gasteiger partial charge is 0.0944 e. The molecule has 2 N–H and O–H groups in total. The van der Waals surface area contributed by atoms with Crippen LogP contribution in [0, 0.1) is 0 Å². The van der Waals surface area contributed by atoms with E-state index in [-0.39, 0.29) is 11.7 Å². The number of rotatable bonds is 1. The highest BCUT2D eigenvalue weighted by Gasteiger charge is 2.45. The summed E-state index contributed by atoms with van der Waals surface area (Å²) in [6.07, 6.45) is 3.91. The summed E-state index contributed by atoms with van der Waals surface area (Å²) in [6.45, 7) is 3.52. The maximum absolute atomic E-state index is 5.88. The summed E-state index contributed by atoms with van der Waals surface area (Å²) >= 11 is 0. The van der Waals surface area contributed by atoms with Crippen LogP contribution in [0.3, 0.4) is 0 Å². The number of ether oxygens (including phenoxy) is 2. The molecule has 0 amide bonds. The lowest BCUT2D eigenvalue weighted by Crippen LogP contribution is -2.31. The van der Waals surface area contributed by atoms with Gasteiger partial charge in [0.05, 0.1) is 24.4 Å². The molecule has 0 saturated carbocycles. The predicted molar refractivity (Wildman–Crippen MR) is 45.9 cm³/mol. The van der Waals surface area contributed by atoms with Crippen molar-refractivity contribution in [3.63, 3.8) is 0 Å². The van der Waals surface area contributed by atoms with Crippen LogP contribution in [-0.2, 0) is 9.47 Å². The van der Waals surface area contributed by atoms with Crippen LogP contribution in [0.5, 0.6) is 0 Å². The van der Waals surface area contributed by atoms with Crippen molar-refractivity contribution in [3.05, 3.63) is 0 Å². The van der Waals surface area contributed by atoms with Crippen LogP contribution in [0.15, 0.2) is 0 Å². The average Bonchev–Trinajstić information content (AvgIpc) is 2.61. The normalized spacial score (nSPS) is 47.5. The van der Waals surface area contributed by atoms with E-state index in [9.17, 15) is 0 Å². The highest BCUT2D eigenvalue weighted by Crippen LogP contribution is 2.38. The van der Waals surface area contributed by atoms with Gasteiger partial charge >= 0.3 is 0 Å². The minimum Gasteiger partial charge on any atom is -0.375 e. The SMILES string of the molecule is C[C@@H]1C[C@@]2(CC[C@@H](CN)O2)CO1. The topological polar surface area (TPSA) is 44.5 Å². The molecule has 2 heterocycles. The quantitative estimate of drug-likeness (QED) is 0.630. The van der Waals surface area contributed by atoms with E-state index >= 15 is 0 Å². The molecule has 2 aliphatic heterocycles. The molecule has 70 valence electrons. The second kappa shape index (κ2) is 2.98. The van der Waals surface area contributed by atoms with E-state index in [0.29, 0.717) is 12.6 Å². The monoisotopic (exact) mass is 171 g/mol. The first-order valence-electron chi connectivity index (χ1n) is 4.74. The Balaban J connectivity index is 1.97. The lowest BCUT2D eigenvalue weighted by atomic mass is 9.97. The van der Waals surface area contributed by atoms with Crippen molar-refractivity contribution in [1.29, 1.82) is 0 Å². The van der Waals surface area contributed by atoms with Gasteiger partial charge in [0.25, 0.3) is 0 Å². The molecule has 0 aromatic rings. The van der Waals surface area contributed by atoms with Crippen molar-refractivity contribution >= 4 is 0 Å². The van der Waals surface area contributed by atoms with Gasteiger partial charge in [0.15, 0.2) is 0 Å². The summed E-state index contributed by atoms with van der Waals surface area (Å²) in [4.78, 5) is 0. The van der Waals surface area contributed by atoms with Gasteiger partial charge in [0.1, 0.15) is 0 Å². The van der Waals surface area contributed by atoms with E-state index in [1.165, 1.54) is 0 Å². The first-order chi connectivity index (χ1) is 5.74. The molecular formula is C9H17NO2. The fourth-order valence-electron chi connectivity index (χ4n) is 2.25. The van der Waals surface area contributed by atoms with Gasteiger partial charge in [-0.15, -0.1) is 0 Å². The Morgan fingerprint density at radius 1 is 1.58 bits per heavy atom. The number of hydrogen-bond acceptors (Lipinski definition) is 3. The molecule has 0 bridgehead atoms. The van der Waals surface area contributed by atoms with E-state index in [4.69, 9.17) is 15.2 Å². The maximum atomic E-state index is 5.88. The second-order valence-electron chi connectivity index (χ2n) is 4.02. The Labute approximate surface area is 73.2 Å². The molecule has 0 unspecified atom stereocenters. The van der Waals surface area contributed by atoms with E-state index in [0.717, 1.165) is 25.9 Å². The molecule has 2 fully saturated rings. The second-order valence-corrected chi connectivity index (χ2v) is 4.02. The molecule has 3 atom stereocenters. The van der Waals surface area contributed by atoms with Crippen molar-refractivity contribution in [3.8, 4) is 0 Å². The van der Waals surface area contributed by atoms with Gasteiger partial charge in [-0.05, 0) is 19.8 Å². The molecule has 0 aliphatic carbocycles. The van der Waals surface area contributed by atoms with Crippen molar-refractivity contribution in [1.82, 2.24) is 0 Å². The molecule has 2 aliphatic rings. The van der Waals surface area contributed by atoms with Gasteiger partial charge in [-0.3, -0.25) is 0 Å². The minimum atomic E-state index is 0.0312. The lowest BCUT2D eigenvalue weighted by Gasteiger charge is -2.21. The molecule has 3 heteroatoms. The maximum Gasteiger partial charge on any atom is 0.0944 e. The zero-order valence-corrected chi connectivity index (χ0v) is 7.58. The van der Waals surface area contributed by atoms with E-state index in [1.54, 1.807) is 0 Å². The third-order valence-corrected chi connectivity index (χ3v) is 2.89. The molecular weight excluding hydrogens is 154 g/mol. The van der Waals surface area contributed by atoms with Gasteiger partial charge < -0.3 is 15.2 Å². The highest BCUT2D eigenvalue weighted by atomic mass is 16.6. The van der Waals surface area contributed by atoms with Crippen molar-refractivity contribution in [2.75, 3.05) is 13.2 Å². The number of nitrogens with two attached hydrogens (primary N) is 1. The van der Waals surface area contributed by atoms with Gasteiger partial charge in [0, 0.05) is 13.0 Å². The fraction of sp³-hybridized carbons (Fsp3) is 1.00. The van der Waals surface area contributed by atoms with Crippen LogP contribution in [0.25, 0.3) is 0 Å². The Hall–Kier alpha value is -0.120. The zero-order valence-electron chi connectivity index (χ0n) is 7.58. The van der Waals surface area contributed by atoms with Gasteiger partial charge in [-0.2, -0.15) is 0 Å². The zero-order chi connectivity index (χ0) is 8.60. The van der Waals surface area contributed by atoms with E-state index in [1.807, 2.05) is 0 Å². The molecule has 2 rings (SSSR count). The summed E-state index contributed by atoms with van der Waals surface area (Å²) in [5.74, 6) is 0.